The van der Waals surface area contributed by atoms with Crippen LogP contribution < -0.4 is 10.6 Å². The predicted octanol–water partition coefficient (Wildman–Crippen LogP) is 3.94. The largest absolute Gasteiger partial charge is 0.477 e. The second-order valence-electron chi connectivity index (χ2n) is 7.89. The van der Waals surface area contributed by atoms with Crippen molar-refractivity contribution in [2.45, 2.75) is 25.3 Å². The predicted molar refractivity (Wildman–Crippen MR) is 124 cm³/mol. The number of nitrogens with one attached hydrogen (secondary N) is 2. The maximum absolute atomic E-state index is 14.2. The topological polar surface area (TPSA) is 118 Å². The lowest BCUT2D eigenvalue weighted by Gasteiger charge is -2.18. The molecule has 8 nitrogen and oxygen atoms in total. The number of hydrogen-bond acceptors (Lipinski definition) is 6. The van der Waals surface area contributed by atoms with E-state index < -0.39 is 30.4 Å². The number of aromatic nitrogens is 1. The maximum atomic E-state index is 14.2. The summed E-state index contributed by atoms with van der Waals surface area (Å²) in [6.45, 7) is -0.198. The van der Waals surface area contributed by atoms with Gasteiger partial charge in [0.15, 0.2) is 0 Å². The van der Waals surface area contributed by atoms with Crippen LogP contribution in [0.15, 0.2) is 48.5 Å². The molecule has 0 aliphatic heterocycles. The van der Waals surface area contributed by atoms with Crippen LogP contribution in [-0.4, -0.2) is 47.1 Å². The summed E-state index contributed by atoms with van der Waals surface area (Å²) in [6, 6.07) is 15.4. The third-order valence-electron chi connectivity index (χ3n) is 5.57. The molecular weight excluding hydrogens is 480 g/mol. The Bertz CT molecular complexity index is 1250. The number of ether oxygens (including phenoxy) is 1. The molecule has 1 heterocycles. The number of alkyl carbamates (subject to hydrolysis) is 1. The fourth-order valence-corrected chi connectivity index (χ4v) is 4.77. The van der Waals surface area contributed by atoms with Crippen LogP contribution in [0, 0.1) is 6.92 Å². The van der Waals surface area contributed by atoms with Gasteiger partial charge in [0.1, 0.15) is 16.5 Å². The van der Waals surface area contributed by atoms with Crippen LogP contribution in [0.25, 0.3) is 11.1 Å². The zero-order chi connectivity index (χ0) is 25.2. The fourth-order valence-electron chi connectivity index (χ4n) is 3.92. The lowest BCUT2D eigenvalue weighted by Crippen LogP contribution is -2.48. The first-order valence-electron chi connectivity index (χ1n) is 10.6. The first-order chi connectivity index (χ1) is 16.7. The van der Waals surface area contributed by atoms with Crippen LogP contribution in [0.3, 0.4) is 0 Å². The number of rotatable bonds is 8. The van der Waals surface area contributed by atoms with Gasteiger partial charge in [-0.2, -0.15) is 8.78 Å². The van der Waals surface area contributed by atoms with E-state index in [-0.39, 0.29) is 34.6 Å². The second-order valence-corrected chi connectivity index (χ2v) is 8.98. The van der Waals surface area contributed by atoms with Crippen molar-refractivity contribution < 1.29 is 33.0 Å². The van der Waals surface area contributed by atoms with E-state index >= 15 is 0 Å². The second kappa shape index (κ2) is 9.79. The third-order valence-corrected chi connectivity index (χ3v) is 6.71. The quantitative estimate of drug-likeness (QED) is 0.430. The molecular formula is C24H21F2N3O5S. The van der Waals surface area contributed by atoms with E-state index in [0.29, 0.717) is 0 Å². The number of carbonyl (C=O) groups excluding carboxylic acids is 2. The average molecular weight is 502 g/mol. The van der Waals surface area contributed by atoms with Gasteiger partial charge >= 0.3 is 18.0 Å². The van der Waals surface area contributed by atoms with Gasteiger partial charge < -0.3 is 20.5 Å². The Labute approximate surface area is 203 Å². The number of thiazole rings is 1. The molecule has 3 N–H and O–H groups in total. The van der Waals surface area contributed by atoms with E-state index in [4.69, 9.17) is 9.84 Å². The Kier molecular flexibility index (Phi) is 6.79. The molecule has 35 heavy (non-hydrogen) atoms. The van der Waals surface area contributed by atoms with Crippen molar-refractivity contribution >= 4 is 29.3 Å². The van der Waals surface area contributed by atoms with Crippen LogP contribution >= 0.6 is 11.3 Å². The van der Waals surface area contributed by atoms with E-state index in [9.17, 15) is 23.2 Å². The zero-order valence-corrected chi connectivity index (χ0v) is 19.3. The molecule has 0 unspecified atom stereocenters. The Morgan fingerprint density at radius 2 is 1.66 bits per heavy atom. The highest BCUT2D eigenvalue weighted by molar-refractivity contribution is 7.13. The van der Waals surface area contributed by atoms with Gasteiger partial charge in [-0.1, -0.05) is 48.5 Å². The highest BCUT2D eigenvalue weighted by Gasteiger charge is 2.39. The number of aromatic carboxylic acids is 1. The zero-order valence-electron chi connectivity index (χ0n) is 18.5. The lowest BCUT2D eigenvalue weighted by atomic mass is 9.98. The van der Waals surface area contributed by atoms with Gasteiger partial charge in [-0.15, -0.1) is 11.3 Å². The Morgan fingerprint density at radius 1 is 1.06 bits per heavy atom. The van der Waals surface area contributed by atoms with Gasteiger partial charge in [-0.3, -0.25) is 4.79 Å². The summed E-state index contributed by atoms with van der Waals surface area (Å²) in [5.74, 6) is -6.95. The van der Waals surface area contributed by atoms with Crippen molar-refractivity contribution in [3.63, 3.8) is 0 Å². The summed E-state index contributed by atoms with van der Waals surface area (Å²) >= 11 is 0.787. The number of carbonyl (C=O) groups is 3. The first kappa shape index (κ1) is 24.3. The Morgan fingerprint density at radius 3 is 2.23 bits per heavy atom. The number of hydrogen-bond donors (Lipinski definition) is 3. The van der Waals surface area contributed by atoms with Crippen LogP contribution in [0.4, 0.5) is 13.6 Å². The number of carboxylic acids is 1. The standard InChI is InChI=1S/C24H21F2N3O5S/c1-13-20(21(30)31)35-19(29-13)10-27-22(32)24(25,26)12-28-23(33)34-11-18-16-8-4-2-6-14(16)15-7-3-5-9-17(15)18/h2-9,18H,10-12H2,1H3,(H,27,32)(H,28,33)(H,30,31). The number of aryl methyl sites for hydroxylation is 1. The summed E-state index contributed by atoms with van der Waals surface area (Å²) in [7, 11) is 0. The molecule has 4 rings (SSSR count). The van der Waals surface area contributed by atoms with Crippen molar-refractivity contribution in [1.29, 1.82) is 0 Å². The summed E-state index contributed by atoms with van der Waals surface area (Å²) in [4.78, 5) is 39.0. The molecule has 0 spiro atoms. The van der Waals surface area contributed by atoms with E-state index in [1.54, 1.807) is 0 Å². The number of halogens is 2. The van der Waals surface area contributed by atoms with Gasteiger partial charge in [-0.05, 0) is 29.2 Å². The van der Waals surface area contributed by atoms with Gasteiger partial charge in [0.25, 0.3) is 5.91 Å². The fraction of sp³-hybridized carbons (Fsp3) is 0.250. The molecule has 2 aromatic carbocycles. The minimum Gasteiger partial charge on any atom is -0.477 e. The van der Waals surface area contributed by atoms with E-state index in [1.807, 2.05) is 59.2 Å². The van der Waals surface area contributed by atoms with Crippen molar-refractivity contribution in [3.05, 3.63) is 75.2 Å². The maximum Gasteiger partial charge on any atom is 0.407 e. The van der Waals surface area contributed by atoms with Crippen LogP contribution in [-0.2, 0) is 16.1 Å². The summed E-state index contributed by atoms with van der Waals surface area (Å²) in [5.41, 5.74) is 4.26. The molecule has 1 aliphatic carbocycles. The first-order valence-corrected chi connectivity index (χ1v) is 11.4. The number of carboxylic acid groups (broad SMARTS) is 1. The van der Waals surface area contributed by atoms with Gasteiger partial charge in [0, 0.05) is 5.92 Å². The summed E-state index contributed by atoms with van der Waals surface area (Å²) in [6.07, 6.45) is -1.07. The van der Waals surface area contributed by atoms with Crippen molar-refractivity contribution in [3.8, 4) is 11.1 Å². The molecule has 0 radical (unpaired) electrons. The van der Waals surface area contributed by atoms with Crippen molar-refractivity contribution in [2.75, 3.05) is 13.2 Å². The molecule has 182 valence electrons. The molecule has 11 heteroatoms. The van der Waals surface area contributed by atoms with Crippen LogP contribution in [0.1, 0.15) is 37.4 Å². The minimum absolute atomic E-state index is 0.0297. The molecule has 1 aliphatic rings. The highest BCUT2D eigenvalue weighted by atomic mass is 32.1. The minimum atomic E-state index is -3.91. The molecule has 2 amide bonds. The number of benzene rings is 2. The molecule has 0 saturated carbocycles. The Balaban J connectivity index is 1.29. The number of alkyl halides is 2. The number of nitrogens with zero attached hydrogens (tertiary/aromatic N) is 1. The normalized spacial score (nSPS) is 12.5. The lowest BCUT2D eigenvalue weighted by molar-refractivity contribution is -0.144. The summed E-state index contributed by atoms with van der Waals surface area (Å²) in [5, 5.41) is 13.2. The van der Waals surface area contributed by atoms with E-state index in [1.165, 1.54) is 6.92 Å². The van der Waals surface area contributed by atoms with E-state index in [0.717, 1.165) is 33.6 Å². The molecule has 0 fully saturated rings. The van der Waals surface area contributed by atoms with Crippen LogP contribution in [0.2, 0.25) is 0 Å². The van der Waals surface area contributed by atoms with Gasteiger partial charge in [-0.25, -0.2) is 14.6 Å². The molecule has 0 bridgehead atoms. The highest BCUT2D eigenvalue weighted by Crippen LogP contribution is 2.44. The monoisotopic (exact) mass is 501 g/mol. The molecule has 1 aromatic heterocycles. The number of fused-ring (bicyclic) bond motifs is 3. The van der Waals surface area contributed by atoms with Gasteiger partial charge in [0.05, 0.1) is 18.8 Å². The Hall–Kier alpha value is -3.86. The smallest absolute Gasteiger partial charge is 0.407 e. The molecule has 0 atom stereocenters. The van der Waals surface area contributed by atoms with Gasteiger partial charge in [0.2, 0.25) is 0 Å². The van der Waals surface area contributed by atoms with Crippen molar-refractivity contribution in [1.82, 2.24) is 15.6 Å². The average Bonchev–Trinajstić information content (AvgIpc) is 3.37. The van der Waals surface area contributed by atoms with E-state index in [2.05, 4.69) is 4.98 Å². The number of amides is 2. The molecule has 0 saturated heterocycles. The summed E-state index contributed by atoms with van der Waals surface area (Å²) < 4.78 is 33.7. The third kappa shape index (κ3) is 5.14. The molecule has 3 aromatic rings. The van der Waals surface area contributed by atoms with Crippen LogP contribution in [0.5, 0.6) is 0 Å². The van der Waals surface area contributed by atoms with Crippen molar-refractivity contribution in [2.24, 2.45) is 0 Å². The SMILES string of the molecule is Cc1nc(CNC(=O)C(F)(F)CNC(=O)OCC2c3ccccc3-c3ccccc32)sc1C(=O)O.